The van der Waals surface area contributed by atoms with Crippen molar-refractivity contribution in [2.24, 2.45) is 0 Å². The zero-order chi connectivity index (χ0) is 16.9. The average molecular weight is 348 g/mol. The Morgan fingerprint density at radius 3 is 3.04 bits per heavy atom. The lowest BCUT2D eigenvalue weighted by Crippen LogP contribution is -2.47. The van der Waals surface area contributed by atoms with E-state index < -0.39 is 0 Å². The molecular formula is C17H20N2O4S. The molecule has 0 N–H and O–H groups in total. The molecule has 1 aromatic heterocycles. The highest BCUT2D eigenvalue weighted by Gasteiger charge is 2.25. The summed E-state index contributed by atoms with van der Waals surface area (Å²) in [6.07, 6.45) is 0. The van der Waals surface area contributed by atoms with Crippen molar-refractivity contribution in [3.8, 4) is 11.5 Å². The number of ether oxygens (including phenoxy) is 3. The number of amides is 1. The van der Waals surface area contributed by atoms with Gasteiger partial charge in [-0.3, -0.25) is 4.79 Å². The number of morpholine rings is 1. The molecule has 6 nitrogen and oxygen atoms in total. The first-order valence-electron chi connectivity index (χ1n) is 7.75. The molecule has 0 radical (unpaired) electrons. The maximum absolute atomic E-state index is 12.7. The summed E-state index contributed by atoms with van der Waals surface area (Å²) in [6, 6.07) is 5.33. The Balaban J connectivity index is 1.74. The van der Waals surface area contributed by atoms with Crippen LogP contribution >= 0.6 is 11.3 Å². The number of hydrogen-bond donors (Lipinski definition) is 0. The Bertz CT molecular complexity index is 690. The van der Waals surface area contributed by atoms with Crippen LogP contribution in [0.5, 0.6) is 11.5 Å². The average Bonchev–Trinajstić information content (AvgIpc) is 3.13. The standard InChI is InChI=1S/C17H20N2O4S/c1-12-8-22-6-5-19(12)17(20)13-3-4-15(16(7-13)21-2)23-9-14-10-24-11-18-14/h3-4,7,10-12H,5-6,8-9H2,1-2H3/t12-/m1/s1. The van der Waals surface area contributed by atoms with Crippen LogP contribution in [-0.2, 0) is 11.3 Å². The number of nitrogens with zero attached hydrogens (tertiary/aromatic N) is 2. The van der Waals surface area contributed by atoms with Gasteiger partial charge in [-0.15, -0.1) is 11.3 Å². The Morgan fingerprint density at radius 2 is 2.33 bits per heavy atom. The van der Waals surface area contributed by atoms with Gasteiger partial charge in [0.1, 0.15) is 6.61 Å². The van der Waals surface area contributed by atoms with E-state index in [-0.39, 0.29) is 11.9 Å². The molecule has 3 rings (SSSR count). The van der Waals surface area contributed by atoms with E-state index in [1.165, 1.54) is 11.3 Å². The smallest absolute Gasteiger partial charge is 0.254 e. The lowest BCUT2D eigenvalue weighted by Gasteiger charge is -2.33. The second-order valence-electron chi connectivity index (χ2n) is 5.56. The minimum absolute atomic E-state index is 0.0184. The lowest BCUT2D eigenvalue weighted by atomic mass is 10.1. The van der Waals surface area contributed by atoms with E-state index in [1.54, 1.807) is 30.8 Å². The molecular weight excluding hydrogens is 328 g/mol. The van der Waals surface area contributed by atoms with Crippen LogP contribution in [0.1, 0.15) is 23.0 Å². The summed E-state index contributed by atoms with van der Waals surface area (Å²) in [6.45, 7) is 4.09. The third-order valence-electron chi connectivity index (χ3n) is 3.90. The van der Waals surface area contributed by atoms with Crippen LogP contribution in [0, 0.1) is 0 Å². The number of aromatic nitrogens is 1. The first-order chi connectivity index (χ1) is 11.7. The van der Waals surface area contributed by atoms with Crippen molar-refractivity contribution in [2.45, 2.75) is 19.6 Å². The molecule has 2 aromatic rings. The van der Waals surface area contributed by atoms with E-state index in [9.17, 15) is 4.79 Å². The van der Waals surface area contributed by atoms with Crippen LogP contribution in [0.2, 0.25) is 0 Å². The first-order valence-corrected chi connectivity index (χ1v) is 8.70. The minimum Gasteiger partial charge on any atom is -0.493 e. The number of hydrogen-bond acceptors (Lipinski definition) is 6. The second-order valence-corrected chi connectivity index (χ2v) is 6.28. The van der Waals surface area contributed by atoms with Gasteiger partial charge in [0.15, 0.2) is 11.5 Å². The van der Waals surface area contributed by atoms with Crippen LogP contribution in [0.25, 0.3) is 0 Å². The quantitative estimate of drug-likeness (QED) is 0.831. The van der Waals surface area contributed by atoms with Gasteiger partial charge in [0.25, 0.3) is 5.91 Å². The Morgan fingerprint density at radius 1 is 1.46 bits per heavy atom. The summed E-state index contributed by atoms with van der Waals surface area (Å²) >= 11 is 1.52. The summed E-state index contributed by atoms with van der Waals surface area (Å²) in [4.78, 5) is 18.7. The minimum atomic E-state index is -0.0184. The topological polar surface area (TPSA) is 60.9 Å². The van der Waals surface area contributed by atoms with E-state index in [2.05, 4.69) is 4.98 Å². The van der Waals surface area contributed by atoms with Gasteiger partial charge in [0, 0.05) is 17.5 Å². The van der Waals surface area contributed by atoms with Gasteiger partial charge in [-0.05, 0) is 25.1 Å². The van der Waals surface area contributed by atoms with E-state index in [0.717, 1.165) is 5.69 Å². The molecule has 7 heteroatoms. The zero-order valence-corrected chi connectivity index (χ0v) is 14.5. The largest absolute Gasteiger partial charge is 0.493 e. The molecule has 1 saturated heterocycles. The molecule has 1 atom stereocenters. The summed E-state index contributed by atoms with van der Waals surface area (Å²) in [5.41, 5.74) is 3.22. The number of carbonyl (C=O) groups is 1. The van der Waals surface area contributed by atoms with Gasteiger partial charge >= 0.3 is 0 Å². The van der Waals surface area contributed by atoms with Crippen LogP contribution in [0.3, 0.4) is 0 Å². The van der Waals surface area contributed by atoms with Gasteiger partial charge in [-0.2, -0.15) is 0 Å². The fraction of sp³-hybridized carbons (Fsp3) is 0.412. The number of carbonyl (C=O) groups excluding carboxylic acids is 1. The van der Waals surface area contributed by atoms with Crippen LogP contribution in [-0.4, -0.2) is 48.7 Å². The summed E-state index contributed by atoms with van der Waals surface area (Å²) < 4.78 is 16.5. The van der Waals surface area contributed by atoms with Crippen molar-refractivity contribution < 1.29 is 19.0 Å². The zero-order valence-electron chi connectivity index (χ0n) is 13.7. The third-order valence-corrected chi connectivity index (χ3v) is 4.53. The van der Waals surface area contributed by atoms with Crippen molar-refractivity contribution in [3.05, 3.63) is 40.3 Å². The molecule has 1 aliphatic rings. The molecule has 128 valence electrons. The van der Waals surface area contributed by atoms with Crippen molar-refractivity contribution in [2.75, 3.05) is 26.9 Å². The van der Waals surface area contributed by atoms with E-state index in [1.807, 2.05) is 17.2 Å². The highest BCUT2D eigenvalue weighted by atomic mass is 32.1. The number of thiazole rings is 1. The predicted octanol–water partition coefficient (Wildman–Crippen LogP) is 2.59. The Labute approximate surface area is 145 Å². The normalized spacial score (nSPS) is 17.6. The van der Waals surface area contributed by atoms with Crippen molar-refractivity contribution in [1.29, 1.82) is 0 Å². The van der Waals surface area contributed by atoms with Gasteiger partial charge < -0.3 is 19.1 Å². The number of rotatable bonds is 5. The molecule has 0 saturated carbocycles. The maximum atomic E-state index is 12.7. The molecule has 0 unspecified atom stereocenters. The van der Waals surface area contributed by atoms with Gasteiger partial charge in [0.2, 0.25) is 0 Å². The molecule has 1 fully saturated rings. The van der Waals surface area contributed by atoms with Gasteiger partial charge in [-0.1, -0.05) is 0 Å². The van der Waals surface area contributed by atoms with Crippen LogP contribution < -0.4 is 9.47 Å². The highest BCUT2D eigenvalue weighted by molar-refractivity contribution is 7.07. The highest BCUT2D eigenvalue weighted by Crippen LogP contribution is 2.29. The van der Waals surface area contributed by atoms with E-state index in [0.29, 0.717) is 43.4 Å². The predicted molar refractivity (Wildman–Crippen MR) is 90.8 cm³/mol. The summed E-state index contributed by atoms with van der Waals surface area (Å²) in [5, 5.41) is 1.93. The van der Waals surface area contributed by atoms with Gasteiger partial charge in [0.05, 0.1) is 37.6 Å². The number of methoxy groups -OCH3 is 1. The molecule has 1 amide bonds. The maximum Gasteiger partial charge on any atom is 0.254 e. The van der Waals surface area contributed by atoms with Crippen molar-refractivity contribution in [1.82, 2.24) is 9.88 Å². The number of benzene rings is 1. The monoisotopic (exact) mass is 348 g/mol. The fourth-order valence-corrected chi connectivity index (χ4v) is 3.12. The van der Waals surface area contributed by atoms with Crippen LogP contribution in [0.4, 0.5) is 0 Å². The molecule has 2 heterocycles. The Kier molecular flexibility index (Phi) is 5.32. The lowest BCUT2D eigenvalue weighted by molar-refractivity contribution is 0.00357. The molecule has 0 spiro atoms. The molecule has 1 aliphatic heterocycles. The van der Waals surface area contributed by atoms with Crippen LogP contribution in [0.15, 0.2) is 29.1 Å². The fourth-order valence-electron chi connectivity index (χ4n) is 2.58. The van der Waals surface area contributed by atoms with Crippen molar-refractivity contribution >= 4 is 17.2 Å². The summed E-state index contributed by atoms with van der Waals surface area (Å²) in [5.74, 6) is 1.12. The van der Waals surface area contributed by atoms with E-state index in [4.69, 9.17) is 14.2 Å². The molecule has 0 bridgehead atoms. The van der Waals surface area contributed by atoms with E-state index >= 15 is 0 Å². The molecule has 1 aromatic carbocycles. The Hall–Kier alpha value is -2.12. The van der Waals surface area contributed by atoms with Crippen molar-refractivity contribution in [3.63, 3.8) is 0 Å². The van der Waals surface area contributed by atoms with Gasteiger partial charge in [-0.25, -0.2) is 4.98 Å². The SMILES string of the molecule is COc1cc(C(=O)N2CCOC[C@H]2C)ccc1OCc1cscn1. The third kappa shape index (κ3) is 3.68. The summed E-state index contributed by atoms with van der Waals surface area (Å²) in [7, 11) is 1.57. The molecule has 0 aliphatic carbocycles. The molecule has 24 heavy (non-hydrogen) atoms. The first kappa shape index (κ1) is 16.7. The second kappa shape index (κ2) is 7.63.